The molecule has 0 saturated carbocycles. The van der Waals surface area contributed by atoms with Crippen molar-refractivity contribution in [3.63, 3.8) is 0 Å². The van der Waals surface area contributed by atoms with Crippen molar-refractivity contribution >= 4 is 17.3 Å². The number of ether oxygens (including phenoxy) is 1. The van der Waals surface area contributed by atoms with Crippen LogP contribution in [0.15, 0.2) is 30.7 Å². The summed E-state index contributed by atoms with van der Waals surface area (Å²) in [7, 11) is 3.34. The first-order valence-electron chi connectivity index (χ1n) is 10.6. The van der Waals surface area contributed by atoms with Gasteiger partial charge < -0.3 is 15.0 Å². The lowest BCUT2D eigenvalue weighted by atomic mass is 10.0. The SMILES string of the molecule is C.CC[C@H]1C(=O)Nc2c(cc(CCc3cnn(Cc4cnc(OC)c(F)c4)c3)nc2C)N1C. The number of aryl methyl sites for hydroxylation is 3. The minimum absolute atomic E-state index is 0. The fraction of sp³-hybridized carbons (Fsp3) is 0.417. The van der Waals surface area contributed by atoms with E-state index in [2.05, 4.69) is 21.5 Å². The van der Waals surface area contributed by atoms with Gasteiger partial charge in [-0.1, -0.05) is 14.4 Å². The van der Waals surface area contributed by atoms with Crippen molar-refractivity contribution in [1.82, 2.24) is 19.7 Å². The fourth-order valence-corrected chi connectivity index (χ4v) is 4.07. The highest BCUT2D eigenvalue weighted by molar-refractivity contribution is 6.04. The van der Waals surface area contributed by atoms with Crippen LogP contribution in [-0.2, 0) is 24.2 Å². The van der Waals surface area contributed by atoms with Crippen LogP contribution in [0.1, 0.15) is 43.3 Å². The Morgan fingerprint density at radius 2 is 2.00 bits per heavy atom. The number of halogens is 1. The minimum atomic E-state index is -0.488. The van der Waals surface area contributed by atoms with Crippen molar-refractivity contribution in [2.75, 3.05) is 24.4 Å². The molecule has 1 atom stereocenters. The lowest BCUT2D eigenvalue weighted by molar-refractivity contribution is -0.117. The number of carbonyl (C=O) groups is 1. The maximum Gasteiger partial charge on any atom is 0.250 e. The van der Waals surface area contributed by atoms with Gasteiger partial charge in [0.1, 0.15) is 6.04 Å². The molecule has 0 spiro atoms. The van der Waals surface area contributed by atoms with Crippen LogP contribution in [0.3, 0.4) is 0 Å². The average molecular weight is 455 g/mol. The third kappa shape index (κ3) is 4.97. The topological polar surface area (TPSA) is 85.2 Å². The van der Waals surface area contributed by atoms with E-state index < -0.39 is 5.82 Å². The Bertz CT molecular complexity index is 1150. The molecule has 0 bridgehead atoms. The molecule has 3 aromatic rings. The number of aromatic nitrogens is 4. The normalized spacial score (nSPS) is 15.0. The van der Waals surface area contributed by atoms with Gasteiger partial charge in [0.15, 0.2) is 5.82 Å². The summed E-state index contributed by atoms with van der Waals surface area (Å²) < 4.78 is 20.5. The van der Waals surface area contributed by atoms with Crippen LogP contribution in [0.5, 0.6) is 5.88 Å². The van der Waals surface area contributed by atoms with Gasteiger partial charge >= 0.3 is 0 Å². The Hall–Kier alpha value is -3.49. The van der Waals surface area contributed by atoms with Gasteiger partial charge in [-0.2, -0.15) is 5.10 Å². The minimum Gasteiger partial charge on any atom is -0.479 e. The third-order valence-electron chi connectivity index (χ3n) is 5.78. The van der Waals surface area contributed by atoms with Crippen molar-refractivity contribution in [3.05, 3.63) is 59.1 Å². The first-order valence-corrected chi connectivity index (χ1v) is 10.6. The van der Waals surface area contributed by atoms with Crippen LogP contribution in [-0.4, -0.2) is 45.9 Å². The van der Waals surface area contributed by atoms with E-state index >= 15 is 0 Å². The highest BCUT2D eigenvalue weighted by Crippen LogP contribution is 2.34. The fourth-order valence-electron chi connectivity index (χ4n) is 4.07. The van der Waals surface area contributed by atoms with Crippen molar-refractivity contribution in [2.45, 2.75) is 53.1 Å². The highest BCUT2D eigenvalue weighted by Gasteiger charge is 2.30. The van der Waals surface area contributed by atoms with Crippen LogP contribution in [0.4, 0.5) is 15.8 Å². The Labute approximate surface area is 193 Å². The van der Waals surface area contributed by atoms with E-state index in [9.17, 15) is 9.18 Å². The van der Waals surface area contributed by atoms with E-state index in [1.54, 1.807) is 10.9 Å². The molecule has 176 valence electrons. The van der Waals surface area contributed by atoms with Gasteiger partial charge in [-0.3, -0.25) is 14.5 Å². The number of carbonyl (C=O) groups excluding carboxylic acids is 1. The van der Waals surface area contributed by atoms with Crippen molar-refractivity contribution < 1.29 is 13.9 Å². The van der Waals surface area contributed by atoms with Gasteiger partial charge in [-0.25, -0.2) is 9.37 Å². The molecule has 0 aliphatic carbocycles. The molecule has 0 unspecified atom stereocenters. The number of nitrogens with one attached hydrogen (secondary N) is 1. The van der Waals surface area contributed by atoms with E-state index in [1.807, 2.05) is 38.2 Å². The van der Waals surface area contributed by atoms with E-state index in [4.69, 9.17) is 9.72 Å². The van der Waals surface area contributed by atoms with E-state index in [0.29, 0.717) is 12.1 Å². The van der Waals surface area contributed by atoms with Gasteiger partial charge in [0.2, 0.25) is 11.8 Å². The van der Waals surface area contributed by atoms with Crippen LogP contribution in [0, 0.1) is 12.7 Å². The van der Waals surface area contributed by atoms with E-state index in [-0.39, 0.29) is 25.3 Å². The van der Waals surface area contributed by atoms with E-state index in [0.717, 1.165) is 47.6 Å². The summed E-state index contributed by atoms with van der Waals surface area (Å²) in [5.41, 5.74) is 5.35. The number of amides is 1. The molecule has 1 N–H and O–H groups in total. The Kier molecular flexibility index (Phi) is 7.30. The zero-order chi connectivity index (χ0) is 22.8. The summed E-state index contributed by atoms with van der Waals surface area (Å²) >= 11 is 0. The van der Waals surface area contributed by atoms with Crippen molar-refractivity contribution in [3.8, 4) is 5.88 Å². The Morgan fingerprint density at radius 1 is 1.21 bits per heavy atom. The summed E-state index contributed by atoms with van der Waals surface area (Å²) in [6.07, 6.45) is 7.61. The second-order valence-corrected chi connectivity index (χ2v) is 8.00. The molecular formula is C24H31FN6O2. The second kappa shape index (κ2) is 9.97. The molecule has 4 rings (SSSR count). The van der Waals surface area contributed by atoms with Crippen molar-refractivity contribution in [2.24, 2.45) is 0 Å². The molecule has 1 aliphatic rings. The third-order valence-corrected chi connectivity index (χ3v) is 5.78. The number of nitrogens with zero attached hydrogens (tertiary/aromatic N) is 5. The van der Waals surface area contributed by atoms with E-state index in [1.165, 1.54) is 13.2 Å². The standard InChI is InChI=1S/C23H27FN6O2.CH4/c1-5-19-22(31)28-21-14(2)27-17(9-20(21)29(19)3)7-6-15-11-26-30(12-15)13-16-8-18(24)23(32-4)25-10-16;/h8-12,19H,5-7,13H2,1-4H3,(H,28,31);1H4/t19-;/m0./s1. The molecule has 0 fully saturated rings. The molecule has 0 saturated heterocycles. The average Bonchev–Trinajstić information content (AvgIpc) is 3.21. The number of hydrogen-bond donors (Lipinski definition) is 1. The second-order valence-electron chi connectivity index (χ2n) is 8.00. The summed E-state index contributed by atoms with van der Waals surface area (Å²) in [6, 6.07) is 3.29. The van der Waals surface area contributed by atoms with Gasteiger partial charge in [0, 0.05) is 25.1 Å². The largest absolute Gasteiger partial charge is 0.479 e. The molecule has 33 heavy (non-hydrogen) atoms. The summed E-state index contributed by atoms with van der Waals surface area (Å²) in [6.45, 7) is 4.35. The number of pyridine rings is 2. The maximum absolute atomic E-state index is 13.9. The number of likely N-dealkylation sites (N-methyl/N-ethyl adjacent to an activating group) is 1. The summed E-state index contributed by atoms with van der Waals surface area (Å²) in [5, 5.41) is 7.39. The summed E-state index contributed by atoms with van der Waals surface area (Å²) in [5.74, 6) is -0.490. The number of fused-ring (bicyclic) bond motifs is 1. The lowest BCUT2D eigenvalue weighted by Gasteiger charge is -2.35. The number of rotatable bonds is 7. The van der Waals surface area contributed by atoms with Crippen LogP contribution in [0.25, 0.3) is 0 Å². The maximum atomic E-state index is 13.9. The molecule has 1 amide bonds. The smallest absolute Gasteiger partial charge is 0.250 e. The highest BCUT2D eigenvalue weighted by atomic mass is 19.1. The van der Waals surface area contributed by atoms with Gasteiger partial charge in [-0.05, 0) is 49.4 Å². The lowest BCUT2D eigenvalue weighted by Crippen LogP contribution is -2.46. The molecule has 0 radical (unpaired) electrons. The molecule has 9 heteroatoms. The zero-order valence-corrected chi connectivity index (χ0v) is 18.7. The number of methoxy groups -OCH3 is 1. The Balaban J connectivity index is 0.00000306. The monoisotopic (exact) mass is 454 g/mol. The predicted molar refractivity (Wildman–Crippen MR) is 126 cm³/mol. The Morgan fingerprint density at radius 3 is 2.70 bits per heavy atom. The quantitative estimate of drug-likeness (QED) is 0.585. The number of hydrogen-bond acceptors (Lipinski definition) is 6. The van der Waals surface area contributed by atoms with Gasteiger partial charge in [-0.15, -0.1) is 0 Å². The van der Waals surface area contributed by atoms with Crippen LogP contribution >= 0.6 is 0 Å². The van der Waals surface area contributed by atoms with Gasteiger partial charge in [0.25, 0.3) is 0 Å². The zero-order valence-electron chi connectivity index (χ0n) is 18.7. The molecule has 4 heterocycles. The molecule has 0 aromatic carbocycles. The molecule has 8 nitrogen and oxygen atoms in total. The number of anilines is 2. The first-order chi connectivity index (χ1) is 15.4. The predicted octanol–water partition coefficient (Wildman–Crippen LogP) is 3.77. The van der Waals surface area contributed by atoms with Crippen LogP contribution < -0.4 is 15.0 Å². The molecular weight excluding hydrogens is 423 g/mol. The molecule has 3 aromatic heterocycles. The first kappa shape index (κ1) is 24.2. The van der Waals surface area contributed by atoms with Gasteiger partial charge in [0.05, 0.1) is 36.9 Å². The summed E-state index contributed by atoms with van der Waals surface area (Å²) in [4.78, 5) is 23.0. The molecule has 1 aliphatic heterocycles. The van der Waals surface area contributed by atoms with Crippen molar-refractivity contribution in [1.29, 1.82) is 0 Å². The van der Waals surface area contributed by atoms with Crippen LogP contribution in [0.2, 0.25) is 0 Å².